The molecule has 1 aliphatic rings. The first-order valence-corrected chi connectivity index (χ1v) is 6.75. The van der Waals surface area contributed by atoms with Gasteiger partial charge in [0.25, 0.3) is 0 Å². The molecule has 0 bridgehead atoms. The summed E-state index contributed by atoms with van der Waals surface area (Å²) in [6.07, 6.45) is 3.85. The lowest BCUT2D eigenvalue weighted by molar-refractivity contribution is 0.761. The Morgan fingerprint density at radius 2 is 2.12 bits per heavy atom. The molecule has 0 atom stereocenters. The molecular weight excluding hydrogens is 264 g/mol. The highest BCUT2D eigenvalue weighted by molar-refractivity contribution is 9.10. The molecular formula is C13H19BrN2. The number of aryl methyl sites for hydroxylation is 1. The minimum absolute atomic E-state index is 0.749. The third-order valence-corrected chi connectivity index (χ3v) is 3.73. The Bertz CT molecular complexity index is 386. The molecule has 1 fully saturated rings. The number of rotatable bonds is 4. The van der Waals surface area contributed by atoms with Crippen LogP contribution in [0, 0.1) is 6.92 Å². The first-order valence-electron chi connectivity index (χ1n) is 5.95. The van der Waals surface area contributed by atoms with Crippen LogP contribution < -0.4 is 10.6 Å². The van der Waals surface area contributed by atoms with Gasteiger partial charge >= 0.3 is 0 Å². The predicted molar refractivity (Wildman–Crippen MR) is 74.0 cm³/mol. The minimum Gasteiger partial charge on any atom is -0.398 e. The van der Waals surface area contributed by atoms with Crippen LogP contribution in [0.2, 0.25) is 0 Å². The van der Waals surface area contributed by atoms with Crippen LogP contribution in [0.1, 0.15) is 31.7 Å². The number of benzene rings is 1. The highest BCUT2D eigenvalue weighted by atomic mass is 79.9. The van der Waals surface area contributed by atoms with Crippen molar-refractivity contribution in [3.8, 4) is 0 Å². The molecule has 2 rings (SSSR count). The van der Waals surface area contributed by atoms with Crippen LogP contribution in [0.25, 0.3) is 0 Å². The van der Waals surface area contributed by atoms with E-state index in [1.807, 2.05) is 6.07 Å². The lowest BCUT2D eigenvalue weighted by Crippen LogP contribution is -2.26. The maximum atomic E-state index is 5.91. The van der Waals surface area contributed by atoms with Crippen molar-refractivity contribution in [1.82, 2.24) is 0 Å². The van der Waals surface area contributed by atoms with E-state index < -0.39 is 0 Å². The molecule has 88 valence electrons. The maximum Gasteiger partial charge on any atom is 0.0517 e. The molecule has 2 N–H and O–H groups in total. The molecule has 0 saturated heterocycles. The Hall–Kier alpha value is -0.700. The Kier molecular flexibility index (Phi) is 3.43. The fourth-order valence-corrected chi connectivity index (χ4v) is 2.62. The lowest BCUT2D eigenvalue weighted by Gasteiger charge is -2.26. The Morgan fingerprint density at radius 1 is 1.44 bits per heavy atom. The summed E-state index contributed by atoms with van der Waals surface area (Å²) in [7, 11) is 0. The summed E-state index contributed by atoms with van der Waals surface area (Å²) < 4.78 is 1.12. The fraction of sp³-hybridized carbons (Fsp3) is 0.538. The number of nitrogen functional groups attached to an aromatic ring is 1. The Morgan fingerprint density at radius 3 is 2.69 bits per heavy atom. The van der Waals surface area contributed by atoms with Crippen molar-refractivity contribution in [2.24, 2.45) is 0 Å². The number of nitrogens with zero attached hydrogens (tertiary/aromatic N) is 1. The van der Waals surface area contributed by atoms with E-state index in [1.165, 1.54) is 30.5 Å². The van der Waals surface area contributed by atoms with Gasteiger partial charge in [-0.15, -0.1) is 0 Å². The molecule has 0 amide bonds. The van der Waals surface area contributed by atoms with Gasteiger partial charge in [0.2, 0.25) is 0 Å². The Labute approximate surface area is 106 Å². The zero-order valence-electron chi connectivity index (χ0n) is 9.96. The molecule has 0 aliphatic heterocycles. The fourth-order valence-electron chi connectivity index (χ4n) is 2.03. The van der Waals surface area contributed by atoms with Gasteiger partial charge in [-0.2, -0.15) is 0 Å². The van der Waals surface area contributed by atoms with Crippen molar-refractivity contribution >= 4 is 27.3 Å². The molecule has 1 aromatic carbocycles. The van der Waals surface area contributed by atoms with Gasteiger partial charge in [-0.3, -0.25) is 0 Å². The second-order valence-electron chi connectivity index (χ2n) is 4.58. The van der Waals surface area contributed by atoms with Crippen molar-refractivity contribution in [3.63, 3.8) is 0 Å². The average Bonchev–Trinajstić information content (AvgIpc) is 3.04. The average molecular weight is 283 g/mol. The van der Waals surface area contributed by atoms with E-state index >= 15 is 0 Å². The standard InChI is InChI=1S/C13H19BrN2/c1-3-6-16(10-4-5-10)13-7-9(2)12(15)8-11(13)14/h7-8,10H,3-6,15H2,1-2H3. The molecule has 1 saturated carbocycles. The maximum absolute atomic E-state index is 5.91. The predicted octanol–water partition coefficient (Wildman–Crippen LogP) is 3.72. The van der Waals surface area contributed by atoms with Crippen LogP contribution in [0.15, 0.2) is 16.6 Å². The number of hydrogen-bond donors (Lipinski definition) is 1. The largest absolute Gasteiger partial charge is 0.398 e. The number of halogens is 1. The molecule has 0 unspecified atom stereocenters. The third kappa shape index (κ3) is 2.34. The van der Waals surface area contributed by atoms with Gasteiger partial charge in [-0.1, -0.05) is 6.92 Å². The van der Waals surface area contributed by atoms with Gasteiger partial charge in [0, 0.05) is 22.7 Å². The summed E-state index contributed by atoms with van der Waals surface area (Å²) in [5.74, 6) is 0. The zero-order chi connectivity index (χ0) is 11.7. The molecule has 0 aromatic heterocycles. The van der Waals surface area contributed by atoms with E-state index in [0.29, 0.717) is 0 Å². The first-order chi connectivity index (χ1) is 7.63. The monoisotopic (exact) mass is 282 g/mol. The van der Waals surface area contributed by atoms with Crippen molar-refractivity contribution in [1.29, 1.82) is 0 Å². The summed E-state index contributed by atoms with van der Waals surface area (Å²) in [4.78, 5) is 2.51. The highest BCUT2D eigenvalue weighted by Crippen LogP contribution is 2.37. The summed E-state index contributed by atoms with van der Waals surface area (Å²) in [5.41, 5.74) is 9.24. The van der Waals surface area contributed by atoms with Crippen LogP contribution in [0.4, 0.5) is 11.4 Å². The van der Waals surface area contributed by atoms with Gasteiger partial charge in [-0.05, 0) is 59.8 Å². The van der Waals surface area contributed by atoms with Crippen LogP contribution in [0.5, 0.6) is 0 Å². The molecule has 0 heterocycles. The van der Waals surface area contributed by atoms with Crippen LogP contribution >= 0.6 is 15.9 Å². The first kappa shape index (κ1) is 11.8. The molecule has 2 nitrogen and oxygen atoms in total. The normalized spacial score (nSPS) is 15.2. The zero-order valence-corrected chi connectivity index (χ0v) is 11.5. The molecule has 0 radical (unpaired) electrons. The van der Waals surface area contributed by atoms with Crippen LogP contribution in [-0.2, 0) is 0 Å². The van der Waals surface area contributed by atoms with E-state index in [9.17, 15) is 0 Å². The second kappa shape index (κ2) is 4.66. The van der Waals surface area contributed by atoms with E-state index in [2.05, 4.69) is 40.7 Å². The van der Waals surface area contributed by atoms with Crippen molar-refractivity contribution in [3.05, 3.63) is 22.2 Å². The minimum atomic E-state index is 0.749. The number of nitrogens with two attached hydrogens (primary N) is 1. The molecule has 0 spiro atoms. The molecule has 1 aliphatic carbocycles. The highest BCUT2D eigenvalue weighted by Gasteiger charge is 2.29. The summed E-state index contributed by atoms with van der Waals surface area (Å²) >= 11 is 3.63. The van der Waals surface area contributed by atoms with Gasteiger partial charge in [0.05, 0.1) is 5.69 Å². The number of anilines is 2. The molecule has 16 heavy (non-hydrogen) atoms. The number of hydrogen-bond acceptors (Lipinski definition) is 2. The van der Waals surface area contributed by atoms with E-state index in [-0.39, 0.29) is 0 Å². The molecule has 3 heteroatoms. The molecule has 1 aromatic rings. The summed E-state index contributed by atoms with van der Waals surface area (Å²) in [6, 6.07) is 4.97. The van der Waals surface area contributed by atoms with Crippen molar-refractivity contribution in [2.45, 2.75) is 39.2 Å². The van der Waals surface area contributed by atoms with Gasteiger partial charge in [0.1, 0.15) is 0 Å². The van der Waals surface area contributed by atoms with E-state index in [4.69, 9.17) is 5.73 Å². The van der Waals surface area contributed by atoms with Gasteiger partial charge < -0.3 is 10.6 Å². The second-order valence-corrected chi connectivity index (χ2v) is 5.44. The van der Waals surface area contributed by atoms with Crippen LogP contribution in [0.3, 0.4) is 0 Å². The lowest BCUT2D eigenvalue weighted by atomic mass is 10.1. The Balaban J connectivity index is 2.32. The van der Waals surface area contributed by atoms with Crippen molar-refractivity contribution < 1.29 is 0 Å². The summed E-state index contributed by atoms with van der Waals surface area (Å²) in [6.45, 7) is 5.43. The van der Waals surface area contributed by atoms with E-state index in [1.54, 1.807) is 0 Å². The third-order valence-electron chi connectivity index (χ3n) is 3.10. The topological polar surface area (TPSA) is 29.3 Å². The van der Waals surface area contributed by atoms with Crippen LogP contribution in [-0.4, -0.2) is 12.6 Å². The SMILES string of the molecule is CCCN(c1cc(C)c(N)cc1Br)C1CC1. The summed E-state index contributed by atoms with van der Waals surface area (Å²) in [5, 5.41) is 0. The van der Waals surface area contributed by atoms with Gasteiger partial charge in [0.15, 0.2) is 0 Å². The van der Waals surface area contributed by atoms with E-state index in [0.717, 1.165) is 22.7 Å². The van der Waals surface area contributed by atoms with Gasteiger partial charge in [-0.25, -0.2) is 0 Å². The quantitative estimate of drug-likeness (QED) is 0.853. The smallest absolute Gasteiger partial charge is 0.0517 e. The van der Waals surface area contributed by atoms with Crippen molar-refractivity contribution in [2.75, 3.05) is 17.2 Å².